The van der Waals surface area contributed by atoms with E-state index >= 15 is 0 Å². The van der Waals surface area contributed by atoms with Gasteiger partial charge in [0.15, 0.2) is 0 Å². The first-order chi connectivity index (χ1) is 10.2. The summed E-state index contributed by atoms with van der Waals surface area (Å²) in [7, 11) is -2.35. The summed E-state index contributed by atoms with van der Waals surface area (Å²) in [6, 6.07) is 0.961. The average Bonchev–Trinajstić information content (AvgIpc) is 3.29. The SMILES string of the molecule is CCCCCC[Si](OCC)(OCC)OCC.[O]CC1CO1. The number of hydrogen-bond donors (Lipinski definition) is 0. The molecule has 0 bridgehead atoms. The Morgan fingerprint density at radius 2 is 1.48 bits per heavy atom. The number of unbranched alkanes of at least 4 members (excludes halogenated alkanes) is 3. The van der Waals surface area contributed by atoms with Gasteiger partial charge in [-0.25, -0.2) is 5.11 Å². The van der Waals surface area contributed by atoms with E-state index in [0.29, 0.717) is 26.4 Å². The van der Waals surface area contributed by atoms with Crippen molar-refractivity contribution in [1.29, 1.82) is 0 Å². The van der Waals surface area contributed by atoms with Gasteiger partial charge < -0.3 is 18.0 Å². The Hall–Kier alpha value is 0.0169. The second-order valence-corrected chi connectivity index (χ2v) is 7.65. The van der Waals surface area contributed by atoms with E-state index in [0.717, 1.165) is 12.5 Å². The molecule has 1 heterocycles. The maximum absolute atomic E-state index is 9.57. The average molecular weight is 322 g/mol. The van der Waals surface area contributed by atoms with E-state index in [4.69, 9.17) is 13.3 Å². The van der Waals surface area contributed by atoms with Crippen LogP contribution in [0.15, 0.2) is 0 Å². The lowest BCUT2D eigenvalue weighted by atomic mass is 10.2. The van der Waals surface area contributed by atoms with Crippen LogP contribution in [0.5, 0.6) is 0 Å². The van der Waals surface area contributed by atoms with Crippen molar-refractivity contribution in [2.75, 3.05) is 33.0 Å². The van der Waals surface area contributed by atoms with E-state index in [1.807, 2.05) is 20.8 Å². The van der Waals surface area contributed by atoms with Gasteiger partial charge in [-0.05, 0) is 27.2 Å². The molecule has 1 unspecified atom stereocenters. The molecule has 0 aromatic heterocycles. The fourth-order valence-corrected chi connectivity index (χ4v) is 4.62. The summed E-state index contributed by atoms with van der Waals surface area (Å²) < 4.78 is 21.9. The van der Waals surface area contributed by atoms with E-state index in [-0.39, 0.29) is 12.7 Å². The lowest BCUT2D eigenvalue weighted by molar-refractivity contribution is 0.0706. The molecular formula is C15H33O5Si. The predicted octanol–water partition coefficient (Wildman–Crippen LogP) is 3.43. The van der Waals surface area contributed by atoms with Crippen molar-refractivity contribution in [1.82, 2.24) is 0 Å². The second kappa shape index (κ2) is 13.7. The molecule has 127 valence electrons. The summed E-state index contributed by atoms with van der Waals surface area (Å²) in [5.41, 5.74) is 0. The topological polar surface area (TPSA) is 60.1 Å². The molecule has 1 aliphatic rings. The zero-order valence-electron chi connectivity index (χ0n) is 14.2. The summed E-state index contributed by atoms with van der Waals surface area (Å²) >= 11 is 0. The molecule has 1 atom stereocenters. The van der Waals surface area contributed by atoms with Crippen LogP contribution < -0.4 is 0 Å². The summed E-state index contributed by atoms with van der Waals surface area (Å²) in [6.45, 7) is 10.9. The van der Waals surface area contributed by atoms with E-state index in [9.17, 15) is 5.11 Å². The largest absolute Gasteiger partial charge is 0.500 e. The molecular weight excluding hydrogens is 288 g/mol. The first kappa shape index (κ1) is 21.0. The molecule has 0 amide bonds. The van der Waals surface area contributed by atoms with Crippen molar-refractivity contribution in [3.8, 4) is 0 Å². The normalized spacial score (nSPS) is 17.3. The highest BCUT2D eigenvalue weighted by Gasteiger charge is 2.39. The minimum atomic E-state index is -2.35. The zero-order chi connectivity index (χ0) is 16.0. The standard InChI is InChI=1S/C12H28O3Si.C3H5O2/c1-5-9-10-11-12-16(13-6-2,14-7-3)15-8-4;4-1-3-2-5-3/h5-12H2,1-4H3;3H,1-2H2. The van der Waals surface area contributed by atoms with Crippen LogP contribution in [0.2, 0.25) is 6.04 Å². The van der Waals surface area contributed by atoms with Crippen molar-refractivity contribution < 1.29 is 23.1 Å². The van der Waals surface area contributed by atoms with Crippen molar-refractivity contribution in [3.63, 3.8) is 0 Å². The van der Waals surface area contributed by atoms with Gasteiger partial charge in [-0.15, -0.1) is 0 Å². The third-order valence-corrected chi connectivity index (χ3v) is 6.17. The van der Waals surface area contributed by atoms with Gasteiger partial charge in [0, 0.05) is 25.9 Å². The Labute approximate surface area is 131 Å². The zero-order valence-corrected chi connectivity index (χ0v) is 15.2. The number of epoxide rings is 1. The minimum Gasteiger partial charge on any atom is -0.374 e. The van der Waals surface area contributed by atoms with Gasteiger partial charge in [-0.2, -0.15) is 0 Å². The minimum absolute atomic E-state index is 0.0556. The van der Waals surface area contributed by atoms with Crippen LogP contribution in [-0.2, 0) is 23.1 Å². The van der Waals surface area contributed by atoms with E-state index in [2.05, 4.69) is 11.7 Å². The maximum Gasteiger partial charge on any atom is 0.500 e. The van der Waals surface area contributed by atoms with Gasteiger partial charge in [0.05, 0.1) is 6.61 Å². The van der Waals surface area contributed by atoms with E-state index in [1.54, 1.807) is 0 Å². The van der Waals surface area contributed by atoms with Crippen LogP contribution >= 0.6 is 0 Å². The number of hydrogen-bond acceptors (Lipinski definition) is 4. The molecule has 0 saturated carbocycles. The Kier molecular flexibility index (Phi) is 13.7. The van der Waals surface area contributed by atoms with Crippen LogP contribution in [0.1, 0.15) is 53.4 Å². The van der Waals surface area contributed by atoms with Crippen molar-refractivity contribution in [3.05, 3.63) is 0 Å². The monoisotopic (exact) mass is 321 g/mol. The molecule has 1 saturated heterocycles. The molecule has 0 aromatic rings. The summed E-state index contributed by atoms with van der Waals surface area (Å²) in [5, 5.41) is 9.57. The van der Waals surface area contributed by atoms with Gasteiger partial charge in [-0.1, -0.05) is 26.2 Å². The van der Waals surface area contributed by atoms with Crippen molar-refractivity contribution in [2.45, 2.75) is 65.5 Å². The smallest absolute Gasteiger partial charge is 0.374 e. The highest BCUT2D eigenvalue weighted by Crippen LogP contribution is 2.20. The van der Waals surface area contributed by atoms with Crippen molar-refractivity contribution in [2.24, 2.45) is 0 Å². The Balaban J connectivity index is 0.000000662. The fourth-order valence-electron chi connectivity index (χ4n) is 1.93. The molecule has 0 N–H and O–H groups in total. The first-order valence-corrected chi connectivity index (χ1v) is 10.2. The third kappa shape index (κ3) is 11.3. The van der Waals surface area contributed by atoms with Crippen LogP contribution in [0.3, 0.4) is 0 Å². The lowest BCUT2D eigenvalue weighted by Gasteiger charge is -2.28. The molecule has 0 aliphatic carbocycles. The van der Waals surface area contributed by atoms with E-state index in [1.165, 1.54) is 19.3 Å². The molecule has 1 radical (unpaired) electrons. The molecule has 0 aromatic carbocycles. The molecule has 5 nitrogen and oxygen atoms in total. The van der Waals surface area contributed by atoms with Crippen LogP contribution in [0.4, 0.5) is 0 Å². The molecule has 6 heteroatoms. The second-order valence-electron chi connectivity index (χ2n) is 4.91. The van der Waals surface area contributed by atoms with Gasteiger partial charge in [0.2, 0.25) is 0 Å². The third-order valence-electron chi connectivity index (χ3n) is 3.02. The van der Waals surface area contributed by atoms with Gasteiger partial charge in [0.1, 0.15) is 12.7 Å². The summed E-state index contributed by atoms with van der Waals surface area (Å²) in [4.78, 5) is 0. The van der Waals surface area contributed by atoms with E-state index < -0.39 is 8.80 Å². The maximum atomic E-state index is 9.57. The molecule has 1 rings (SSSR count). The predicted molar refractivity (Wildman–Crippen MR) is 84.9 cm³/mol. The molecule has 1 aliphatic heterocycles. The van der Waals surface area contributed by atoms with Crippen LogP contribution in [0.25, 0.3) is 0 Å². The summed E-state index contributed by atoms with van der Waals surface area (Å²) in [5.74, 6) is 0. The molecule has 0 spiro atoms. The first-order valence-electron chi connectivity index (χ1n) is 8.29. The van der Waals surface area contributed by atoms with Gasteiger partial charge >= 0.3 is 8.80 Å². The molecule has 21 heavy (non-hydrogen) atoms. The van der Waals surface area contributed by atoms with Crippen molar-refractivity contribution >= 4 is 8.80 Å². The van der Waals surface area contributed by atoms with Gasteiger partial charge in [-0.3, -0.25) is 0 Å². The van der Waals surface area contributed by atoms with Crippen LogP contribution in [-0.4, -0.2) is 47.9 Å². The Morgan fingerprint density at radius 3 is 1.76 bits per heavy atom. The highest BCUT2D eigenvalue weighted by atomic mass is 28.4. The highest BCUT2D eigenvalue weighted by molar-refractivity contribution is 6.60. The van der Waals surface area contributed by atoms with Crippen LogP contribution in [0, 0.1) is 0 Å². The number of rotatable bonds is 12. The Morgan fingerprint density at radius 1 is 0.952 bits per heavy atom. The Bertz CT molecular complexity index is 207. The fraction of sp³-hybridized carbons (Fsp3) is 1.00. The molecule has 1 fully saturated rings. The quantitative estimate of drug-likeness (QED) is 0.314. The lowest BCUT2D eigenvalue weighted by Crippen LogP contribution is -2.45. The van der Waals surface area contributed by atoms with Gasteiger partial charge in [0.25, 0.3) is 0 Å². The summed E-state index contributed by atoms with van der Waals surface area (Å²) in [6.07, 6.45) is 5.02. The number of ether oxygens (including phenoxy) is 1.